The van der Waals surface area contributed by atoms with Crippen molar-refractivity contribution in [2.24, 2.45) is 0 Å². The molecule has 4 aromatic rings. The molecule has 0 spiro atoms. The summed E-state index contributed by atoms with van der Waals surface area (Å²) in [6, 6.07) is 15.7. The lowest BCUT2D eigenvalue weighted by atomic mass is 10.1. The fourth-order valence-electron chi connectivity index (χ4n) is 2.37. The van der Waals surface area contributed by atoms with Crippen LogP contribution in [0.5, 0.6) is 0 Å². The summed E-state index contributed by atoms with van der Waals surface area (Å²) in [6.45, 7) is 0. The maximum atomic E-state index is 13.0. The number of rotatable bonds is 4. The number of nitrogens with zero attached hydrogens (tertiary/aromatic N) is 2. The highest BCUT2D eigenvalue weighted by Gasteiger charge is 2.13. The zero-order valence-corrected chi connectivity index (χ0v) is 13.3. The lowest BCUT2D eigenvalue weighted by Gasteiger charge is -2.06. The predicted octanol–water partition coefficient (Wildman–Crippen LogP) is 4.39. The van der Waals surface area contributed by atoms with Crippen LogP contribution in [0.1, 0.15) is 10.4 Å². The van der Waals surface area contributed by atoms with Crippen molar-refractivity contribution in [3.63, 3.8) is 0 Å². The third-order valence-corrected chi connectivity index (χ3v) is 3.63. The van der Waals surface area contributed by atoms with E-state index in [1.807, 2.05) is 0 Å². The van der Waals surface area contributed by atoms with Gasteiger partial charge >= 0.3 is 0 Å². The maximum Gasteiger partial charge on any atom is 0.283 e. The monoisotopic (exact) mass is 349 g/mol. The minimum absolute atomic E-state index is 0.269. The molecule has 0 unspecified atom stereocenters. The Kier molecular flexibility index (Phi) is 4.03. The second kappa shape index (κ2) is 6.64. The number of carbonyl (C=O) groups is 1. The van der Waals surface area contributed by atoms with Gasteiger partial charge in [-0.15, -0.1) is 10.2 Å². The number of furan rings is 1. The minimum atomic E-state index is -0.396. The molecule has 2 heterocycles. The third kappa shape index (κ3) is 3.23. The maximum absolute atomic E-state index is 13.0. The molecule has 4 rings (SSSR count). The van der Waals surface area contributed by atoms with Crippen LogP contribution in [0.15, 0.2) is 75.8 Å². The molecular formula is C19H12FN3O3. The van der Waals surface area contributed by atoms with E-state index in [1.165, 1.54) is 30.5 Å². The summed E-state index contributed by atoms with van der Waals surface area (Å²) in [6.07, 6.45) is 1.52. The fraction of sp³-hybridized carbons (Fsp3) is 0. The van der Waals surface area contributed by atoms with Crippen molar-refractivity contribution in [2.45, 2.75) is 0 Å². The van der Waals surface area contributed by atoms with Crippen LogP contribution in [0.2, 0.25) is 0 Å². The van der Waals surface area contributed by atoms with Crippen LogP contribution in [0.3, 0.4) is 0 Å². The number of carbonyl (C=O) groups excluding carboxylic acids is 1. The Morgan fingerprint density at radius 1 is 0.962 bits per heavy atom. The molecule has 0 aliphatic carbocycles. The van der Waals surface area contributed by atoms with Gasteiger partial charge in [-0.3, -0.25) is 4.79 Å². The third-order valence-electron chi connectivity index (χ3n) is 3.63. The van der Waals surface area contributed by atoms with Crippen molar-refractivity contribution < 1.29 is 18.0 Å². The second-order valence-electron chi connectivity index (χ2n) is 5.43. The van der Waals surface area contributed by atoms with Gasteiger partial charge in [-0.25, -0.2) is 4.39 Å². The fourth-order valence-corrected chi connectivity index (χ4v) is 2.37. The largest absolute Gasteiger partial charge is 0.459 e. The van der Waals surface area contributed by atoms with Crippen molar-refractivity contribution in [1.82, 2.24) is 10.2 Å². The number of halogens is 1. The highest BCUT2D eigenvalue weighted by Crippen LogP contribution is 2.26. The zero-order chi connectivity index (χ0) is 17.9. The summed E-state index contributed by atoms with van der Waals surface area (Å²) in [5, 5.41) is 10.7. The highest BCUT2D eigenvalue weighted by molar-refractivity contribution is 6.04. The van der Waals surface area contributed by atoms with Gasteiger partial charge in [-0.05, 0) is 54.6 Å². The minimum Gasteiger partial charge on any atom is -0.459 e. The quantitative estimate of drug-likeness (QED) is 0.591. The molecule has 0 aliphatic rings. The molecule has 26 heavy (non-hydrogen) atoms. The summed E-state index contributed by atoms with van der Waals surface area (Å²) >= 11 is 0. The van der Waals surface area contributed by atoms with Crippen LogP contribution >= 0.6 is 0 Å². The van der Waals surface area contributed by atoms with Gasteiger partial charge in [0.05, 0.1) is 6.26 Å². The van der Waals surface area contributed by atoms with E-state index in [9.17, 15) is 9.18 Å². The summed E-state index contributed by atoms with van der Waals surface area (Å²) in [5.74, 6) is 0.306. The first kappa shape index (κ1) is 15.8. The number of nitrogens with one attached hydrogen (secondary N) is 1. The van der Waals surface area contributed by atoms with Crippen LogP contribution in [0.25, 0.3) is 23.1 Å². The van der Waals surface area contributed by atoms with E-state index >= 15 is 0 Å². The molecule has 0 fully saturated rings. The van der Waals surface area contributed by atoms with E-state index in [-0.39, 0.29) is 11.8 Å². The van der Waals surface area contributed by atoms with Crippen molar-refractivity contribution in [1.29, 1.82) is 0 Å². The Labute approximate surface area is 147 Å². The van der Waals surface area contributed by atoms with Crippen LogP contribution in [-0.4, -0.2) is 16.1 Å². The van der Waals surface area contributed by atoms with Crippen molar-refractivity contribution >= 4 is 11.6 Å². The Hall–Kier alpha value is -3.74. The zero-order valence-electron chi connectivity index (χ0n) is 13.3. The molecule has 0 aliphatic heterocycles. The molecular weight excluding hydrogens is 337 g/mol. The molecule has 0 bridgehead atoms. The van der Waals surface area contributed by atoms with Crippen molar-refractivity contribution in [3.05, 3.63) is 78.3 Å². The average molecular weight is 349 g/mol. The Balaban J connectivity index is 1.55. The second-order valence-corrected chi connectivity index (χ2v) is 5.43. The van der Waals surface area contributed by atoms with Crippen LogP contribution in [0, 0.1) is 5.82 Å². The van der Waals surface area contributed by atoms with Crippen LogP contribution in [0.4, 0.5) is 10.1 Å². The standard InChI is InChI=1S/C19H12FN3O3/c20-14-8-6-12(7-9-14)17(24)21-15-4-1-3-13(11-15)18-22-23-19(26-18)16-5-2-10-25-16/h1-11H,(H,21,24). The van der Waals surface area contributed by atoms with E-state index < -0.39 is 5.82 Å². The van der Waals surface area contributed by atoms with Gasteiger partial charge in [0.25, 0.3) is 11.8 Å². The van der Waals surface area contributed by atoms with Gasteiger partial charge in [0.2, 0.25) is 5.89 Å². The summed E-state index contributed by atoms with van der Waals surface area (Å²) in [7, 11) is 0. The van der Waals surface area contributed by atoms with Crippen LogP contribution in [-0.2, 0) is 0 Å². The van der Waals surface area contributed by atoms with Gasteiger partial charge < -0.3 is 14.2 Å². The van der Waals surface area contributed by atoms with Gasteiger partial charge in [0.15, 0.2) is 5.76 Å². The van der Waals surface area contributed by atoms with Crippen molar-refractivity contribution in [3.8, 4) is 23.1 Å². The molecule has 0 saturated carbocycles. The van der Waals surface area contributed by atoms with E-state index in [2.05, 4.69) is 15.5 Å². The molecule has 0 saturated heterocycles. The Bertz CT molecular complexity index is 1040. The van der Waals surface area contributed by atoms with Gasteiger partial charge in [-0.2, -0.15) is 0 Å². The first-order chi connectivity index (χ1) is 12.7. The lowest BCUT2D eigenvalue weighted by molar-refractivity contribution is 0.102. The van der Waals surface area contributed by atoms with E-state index in [0.717, 1.165) is 0 Å². The number of amides is 1. The topological polar surface area (TPSA) is 81.2 Å². The van der Waals surface area contributed by atoms with E-state index in [4.69, 9.17) is 8.83 Å². The summed E-state index contributed by atoms with van der Waals surface area (Å²) < 4.78 is 23.8. The number of hydrogen-bond acceptors (Lipinski definition) is 5. The van der Waals surface area contributed by atoms with Gasteiger partial charge in [0, 0.05) is 16.8 Å². The molecule has 7 heteroatoms. The number of benzene rings is 2. The number of aromatic nitrogens is 2. The van der Waals surface area contributed by atoms with Crippen molar-refractivity contribution in [2.75, 3.05) is 5.32 Å². The van der Waals surface area contributed by atoms with Gasteiger partial charge in [0.1, 0.15) is 5.82 Å². The Morgan fingerprint density at radius 3 is 2.54 bits per heavy atom. The summed E-state index contributed by atoms with van der Waals surface area (Å²) in [5.41, 5.74) is 1.55. The normalized spacial score (nSPS) is 10.7. The number of anilines is 1. The predicted molar refractivity (Wildman–Crippen MR) is 91.8 cm³/mol. The average Bonchev–Trinajstić information content (AvgIpc) is 3.34. The molecule has 128 valence electrons. The summed E-state index contributed by atoms with van der Waals surface area (Å²) in [4.78, 5) is 12.2. The molecule has 2 aromatic carbocycles. The van der Waals surface area contributed by atoms with Gasteiger partial charge in [-0.1, -0.05) is 6.07 Å². The first-order valence-corrected chi connectivity index (χ1v) is 7.74. The molecule has 0 atom stereocenters. The van der Waals surface area contributed by atoms with E-state index in [0.29, 0.717) is 28.5 Å². The Morgan fingerprint density at radius 2 is 1.77 bits per heavy atom. The van der Waals surface area contributed by atoms with E-state index in [1.54, 1.807) is 36.4 Å². The highest BCUT2D eigenvalue weighted by atomic mass is 19.1. The molecule has 1 amide bonds. The molecule has 0 radical (unpaired) electrons. The van der Waals surface area contributed by atoms with Crippen LogP contribution < -0.4 is 5.32 Å². The first-order valence-electron chi connectivity index (χ1n) is 7.74. The number of hydrogen-bond donors (Lipinski definition) is 1. The molecule has 2 aromatic heterocycles. The molecule has 6 nitrogen and oxygen atoms in total. The molecule has 1 N–H and O–H groups in total. The lowest BCUT2D eigenvalue weighted by Crippen LogP contribution is -2.11. The smallest absolute Gasteiger partial charge is 0.283 e. The SMILES string of the molecule is O=C(Nc1cccc(-c2nnc(-c3ccco3)o2)c1)c1ccc(F)cc1.